The average Bonchev–Trinajstić information content (AvgIpc) is 2.78. The lowest BCUT2D eigenvalue weighted by atomic mass is 10.3. The van der Waals surface area contributed by atoms with Gasteiger partial charge in [0, 0.05) is 0 Å². The van der Waals surface area contributed by atoms with Gasteiger partial charge < -0.3 is 4.74 Å². The first kappa shape index (κ1) is 10.9. The van der Waals surface area contributed by atoms with Crippen molar-refractivity contribution in [3.05, 3.63) is 40.0 Å². The summed E-state index contributed by atoms with van der Waals surface area (Å²) in [5.74, 6) is 0.263. The zero-order valence-corrected chi connectivity index (χ0v) is 11.3. The van der Waals surface area contributed by atoms with Crippen LogP contribution in [0.2, 0.25) is 0 Å². The van der Waals surface area contributed by atoms with E-state index >= 15 is 0 Å². The van der Waals surface area contributed by atoms with Crippen molar-refractivity contribution in [1.29, 1.82) is 0 Å². The Morgan fingerprint density at radius 3 is 2.76 bits per heavy atom. The Kier molecular flexibility index (Phi) is 2.71. The molecule has 17 heavy (non-hydrogen) atoms. The van der Waals surface area contributed by atoms with Gasteiger partial charge in [-0.05, 0) is 58.2 Å². The summed E-state index contributed by atoms with van der Waals surface area (Å²) in [7, 11) is 0. The number of aromatic nitrogens is 3. The number of hydrogen-bond acceptors (Lipinski definition) is 4. The second-order valence-electron chi connectivity index (χ2n) is 3.21. The first-order valence-electron chi connectivity index (χ1n) is 4.66. The van der Waals surface area contributed by atoms with E-state index in [1.54, 1.807) is 16.6 Å². The van der Waals surface area contributed by atoms with E-state index in [0.29, 0.717) is 10.9 Å². The van der Waals surface area contributed by atoms with Crippen molar-refractivity contribution in [2.24, 2.45) is 0 Å². The highest BCUT2D eigenvalue weighted by molar-refractivity contribution is 14.1. The SMILES string of the molecule is Fc1ccc(Oc2nn3cc(I)nc3s2)cc1. The molecule has 0 bridgehead atoms. The fourth-order valence-electron chi connectivity index (χ4n) is 1.30. The molecule has 0 spiro atoms. The van der Waals surface area contributed by atoms with E-state index in [-0.39, 0.29) is 5.82 Å². The van der Waals surface area contributed by atoms with Crippen LogP contribution in [0.25, 0.3) is 4.96 Å². The van der Waals surface area contributed by atoms with Crippen LogP contribution < -0.4 is 4.74 Å². The number of benzene rings is 1. The van der Waals surface area contributed by atoms with E-state index in [1.165, 1.54) is 23.5 Å². The van der Waals surface area contributed by atoms with Gasteiger partial charge in [0.1, 0.15) is 15.3 Å². The lowest BCUT2D eigenvalue weighted by Gasteiger charge is -1.99. The summed E-state index contributed by atoms with van der Waals surface area (Å²) in [6.07, 6.45) is 1.81. The van der Waals surface area contributed by atoms with Gasteiger partial charge in [0.05, 0.1) is 6.20 Å². The highest BCUT2D eigenvalue weighted by Crippen LogP contribution is 2.27. The molecule has 4 nitrogen and oxygen atoms in total. The molecule has 0 radical (unpaired) electrons. The summed E-state index contributed by atoms with van der Waals surface area (Å²) in [4.78, 5) is 5.03. The van der Waals surface area contributed by atoms with Crippen molar-refractivity contribution in [2.75, 3.05) is 0 Å². The zero-order chi connectivity index (χ0) is 11.8. The van der Waals surface area contributed by atoms with E-state index in [2.05, 4.69) is 32.7 Å². The smallest absolute Gasteiger partial charge is 0.299 e. The Hall–Kier alpha value is -1.22. The van der Waals surface area contributed by atoms with E-state index in [4.69, 9.17) is 4.74 Å². The minimum absolute atomic E-state index is 0.291. The number of nitrogens with zero attached hydrogens (tertiary/aromatic N) is 3. The number of hydrogen-bond donors (Lipinski definition) is 0. The molecule has 0 atom stereocenters. The Bertz CT molecular complexity index is 632. The number of halogens is 2. The molecule has 0 saturated carbocycles. The Balaban J connectivity index is 1.89. The first-order chi connectivity index (χ1) is 8.20. The molecular formula is C10H5FIN3OS. The molecule has 7 heteroatoms. The molecule has 0 aliphatic carbocycles. The normalized spacial score (nSPS) is 10.9. The van der Waals surface area contributed by atoms with Crippen molar-refractivity contribution < 1.29 is 9.13 Å². The molecule has 0 unspecified atom stereocenters. The van der Waals surface area contributed by atoms with Crippen LogP contribution in [0.1, 0.15) is 0 Å². The van der Waals surface area contributed by atoms with Crippen LogP contribution in [0.4, 0.5) is 4.39 Å². The Morgan fingerprint density at radius 1 is 1.29 bits per heavy atom. The summed E-state index contributed by atoms with van der Waals surface area (Å²) in [6, 6.07) is 5.81. The van der Waals surface area contributed by atoms with Crippen molar-refractivity contribution in [2.45, 2.75) is 0 Å². The van der Waals surface area contributed by atoms with Crippen molar-refractivity contribution in [3.63, 3.8) is 0 Å². The molecule has 3 aromatic rings. The van der Waals surface area contributed by atoms with Gasteiger partial charge in [-0.1, -0.05) is 0 Å². The van der Waals surface area contributed by atoms with Gasteiger partial charge in [-0.25, -0.2) is 13.9 Å². The third-order valence-electron chi connectivity index (χ3n) is 2.01. The highest BCUT2D eigenvalue weighted by atomic mass is 127. The molecule has 0 fully saturated rings. The molecular weight excluding hydrogens is 356 g/mol. The third-order valence-corrected chi connectivity index (χ3v) is 3.33. The minimum atomic E-state index is -0.291. The first-order valence-corrected chi connectivity index (χ1v) is 6.55. The third kappa shape index (κ3) is 2.25. The van der Waals surface area contributed by atoms with Gasteiger partial charge in [-0.3, -0.25) is 0 Å². The fourth-order valence-corrected chi connectivity index (χ4v) is 2.71. The topological polar surface area (TPSA) is 39.4 Å². The van der Waals surface area contributed by atoms with Crippen LogP contribution in [-0.2, 0) is 0 Å². The molecule has 2 heterocycles. The molecule has 2 aromatic heterocycles. The van der Waals surface area contributed by atoms with Crippen LogP contribution >= 0.6 is 33.9 Å². The summed E-state index contributed by atoms with van der Waals surface area (Å²) in [5.41, 5.74) is 0. The maximum absolute atomic E-state index is 12.7. The van der Waals surface area contributed by atoms with Crippen molar-refractivity contribution >= 4 is 38.9 Å². The molecule has 86 valence electrons. The maximum atomic E-state index is 12.7. The molecule has 1 aromatic carbocycles. The summed E-state index contributed by atoms with van der Waals surface area (Å²) in [6.45, 7) is 0. The van der Waals surface area contributed by atoms with E-state index in [1.807, 2.05) is 6.20 Å². The van der Waals surface area contributed by atoms with E-state index < -0.39 is 0 Å². The van der Waals surface area contributed by atoms with Gasteiger partial charge >= 0.3 is 0 Å². The second-order valence-corrected chi connectivity index (χ2v) is 5.24. The molecule has 0 amide bonds. The molecule has 0 aliphatic rings. The average molecular weight is 361 g/mol. The lowest BCUT2D eigenvalue weighted by molar-refractivity contribution is 0.468. The van der Waals surface area contributed by atoms with Crippen LogP contribution in [0, 0.1) is 9.52 Å². The zero-order valence-electron chi connectivity index (χ0n) is 8.30. The van der Waals surface area contributed by atoms with Gasteiger partial charge in [0.25, 0.3) is 5.19 Å². The summed E-state index contributed by atoms with van der Waals surface area (Å²) in [5, 5.41) is 4.69. The molecule has 3 rings (SSSR count). The molecule has 0 saturated heterocycles. The van der Waals surface area contributed by atoms with Crippen LogP contribution in [-0.4, -0.2) is 14.6 Å². The van der Waals surface area contributed by atoms with Gasteiger partial charge in [-0.15, -0.1) is 5.10 Å². The Labute approximate surface area is 113 Å². The van der Waals surface area contributed by atoms with Crippen molar-refractivity contribution in [1.82, 2.24) is 14.6 Å². The van der Waals surface area contributed by atoms with Crippen LogP contribution in [0.15, 0.2) is 30.5 Å². The number of fused-ring (bicyclic) bond motifs is 1. The predicted octanol–water partition coefficient (Wildman–Crippen LogP) is 3.33. The summed E-state index contributed by atoms with van der Waals surface area (Å²) < 4.78 is 20.7. The maximum Gasteiger partial charge on any atom is 0.299 e. The number of ether oxygens (including phenoxy) is 1. The van der Waals surface area contributed by atoms with Gasteiger partial charge in [-0.2, -0.15) is 0 Å². The van der Waals surface area contributed by atoms with Crippen molar-refractivity contribution in [3.8, 4) is 10.9 Å². The molecule has 0 N–H and O–H groups in total. The highest BCUT2D eigenvalue weighted by Gasteiger charge is 2.08. The lowest BCUT2D eigenvalue weighted by Crippen LogP contribution is -1.86. The Morgan fingerprint density at radius 2 is 2.06 bits per heavy atom. The predicted molar refractivity (Wildman–Crippen MR) is 70.1 cm³/mol. The van der Waals surface area contributed by atoms with Crippen LogP contribution in [0.5, 0.6) is 10.9 Å². The fraction of sp³-hybridized carbons (Fsp3) is 0. The number of rotatable bonds is 2. The van der Waals surface area contributed by atoms with Crippen LogP contribution in [0.3, 0.4) is 0 Å². The van der Waals surface area contributed by atoms with E-state index in [0.717, 1.165) is 8.66 Å². The second kappa shape index (κ2) is 4.22. The van der Waals surface area contributed by atoms with E-state index in [9.17, 15) is 4.39 Å². The van der Waals surface area contributed by atoms with Gasteiger partial charge in [0.2, 0.25) is 4.96 Å². The number of imidazole rings is 1. The van der Waals surface area contributed by atoms with Gasteiger partial charge in [0.15, 0.2) is 0 Å². The molecule has 0 aliphatic heterocycles. The monoisotopic (exact) mass is 361 g/mol. The largest absolute Gasteiger partial charge is 0.430 e. The summed E-state index contributed by atoms with van der Waals surface area (Å²) >= 11 is 3.46. The quantitative estimate of drug-likeness (QED) is 0.658. The minimum Gasteiger partial charge on any atom is -0.430 e. The standard InChI is InChI=1S/C10H5FIN3OS/c11-6-1-3-7(4-2-6)16-10-14-15-5-8(12)13-9(15)17-10/h1-5H.